The molecule has 3 rings (SSSR count). The fourth-order valence-corrected chi connectivity index (χ4v) is 2.41. The number of allylic oxidation sites excluding steroid dienone is 1. The molecule has 5 nitrogen and oxygen atoms in total. The van der Waals surface area contributed by atoms with Crippen molar-refractivity contribution in [1.82, 2.24) is 15.6 Å². The zero-order valence-corrected chi connectivity index (χ0v) is 13.8. The van der Waals surface area contributed by atoms with E-state index >= 15 is 0 Å². The van der Waals surface area contributed by atoms with Crippen LogP contribution in [0.3, 0.4) is 0 Å². The lowest BCUT2D eigenvalue weighted by atomic mass is 10.1. The molecule has 0 spiro atoms. The fourth-order valence-electron chi connectivity index (χ4n) is 2.41. The van der Waals surface area contributed by atoms with Gasteiger partial charge < -0.3 is 0 Å². The molecule has 25 heavy (non-hydrogen) atoms. The minimum absolute atomic E-state index is 0.323. The highest BCUT2D eigenvalue weighted by Crippen LogP contribution is 2.22. The van der Waals surface area contributed by atoms with Gasteiger partial charge in [-0.15, -0.1) is 0 Å². The van der Waals surface area contributed by atoms with Crippen molar-refractivity contribution < 1.29 is 4.79 Å². The van der Waals surface area contributed by atoms with Crippen molar-refractivity contribution in [2.45, 2.75) is 6.92 Å². The van der Waals surface area contributed by atoms with Gasteiger partial charge in [-0.2, -0.15) is 10.2 Å². The quantitative estimate of drug-likeness (QED) is 0.551. The first-order valence-corrected chi connectivity index (χ1v) is 7.91. The second kappa shape index (κ2) is 7.88. The topological polar surface area (TPSA) is 70.1 Å². The van der Waals surface area contributed by atoms with E-state index in [1.54, 1.807) is 6.08 Å². The summed E-state index contributed by atoms with van der Waals surface area (Å²) >= 11 is 0. The summed E-state index contributed by atoms with van der Waals surface area (Å²) in [6.45, 7) is 1.86. The number of amides is 1. The van der Waals surface area contributed by atoms with Gasteiger partial charge in [0.15, 0.2) is 0 Å². The summed E-state index contributed by atoms with van der Waals surface area (Å²) in [6, 6.07) is 19.6. The van der Waals surface area contributed by atoms with Crippen molar-refractivity contribution >= 4 is 18.2 Å². The highest BCUT2D eigenvalue weighted by Gasteiger charge is 2.16. The molecule has 0 aliphatic carbocycles. The highest BCUT2D eigenvalue weighted by molar-refractivity contribution is 5.95. The van der Waals surface area contributed by atoms with E-state index in [2.05, 4.69) is 20.7 Å². The smallest absolute Gasteiger partial charge is 0.272 e. The number of rotatable bonds is 5. The third-order valence-electron chi connectivity index (χ3n) is 3.70. The SMILES string of the molecule is Cc1c(-c2ccccc2)n[nH]c1C(=O)N/N=C/C=C/c1ccccc1. The van der Waals surface area contributed by atoms with E-state index < -0.39 is 0 Å². The van der Waals surface area contributed by atoms with Gasteiger partial charge in [0.05, 0.1) is 5.69 Å². The van der Waals surface area contributed by atoms with Crippen molar-refractivity contribution in [3.8, 4) is 11.3 Å². The Bertz CT molecular complexity index is 896. The average Bonchev–Trinajstić information content (AvgIpc) is 3.04. The number of nitrogens with one attached hydrogen (secondary N) is 2. The van der Waals surface area contributed by atoms with Crippen LogP contribution in [0.15, 0.2) is 71.8 Å². The van der Waals surface area contributed by atoms with Gasteiger partial charge >= 0.3 is 0 Å². The van der Waals surface area contributed by atoms with Crippen LogP contribution in [0.4, 0.5) is 0 Å². The molecule has 3 aromatic rings. The maximum atomic E-state index is 12.2. The van der Waals surface area contributed by atoms with E-state index in [9.17, 15) is 4.79 Å². The van der Waals surface area contributed by atoms with Gasteiger partial charge in [-0.1, -0.05) is 66.7 Å². The number of aromatic amines is 1. The van der Waals surface area contributed by atoms with Crippen LogP contribution in [0.25, 0.3) is 17.3 Å². The molecule has 0 aliphatic heterocycles. The van der Waals surface area contributed by atoms with Crippen LogP contribution in [0.5, 0.6) is 0 Å². The molecule has 0 radical (unpaired) electrons. The number of hydrogen-bond donors (Lipinski definition) is 2. The molecule has 2 aromatic carbocycles. The van der Waals surface area contributed by atoms with Gasteiger partial charge in [-0.3, -0.25) is 9.89 Å². The van der Waals surface area contributed by atoms with Crippen molar-refractivity contribution in [2.24, 2.45) is 5.10 Å². The number of aromatic nitrogens is 2. The average molecular weight is 330 g/mol. The van der Waals surface area contributed by atoms with Gasteiger partial charge in [-0.05, 0) is 18.6 Å². The van der Waals surface area contributed by atoms with Gasteiger partial charge in [0.25, 0.3) is 5.91 Å². The lowest BCUT2D eigenvalue weighted by molar-refractivity contribution is 0.0949. The molecular formula is C20H18N4O. The molecule has 0 atom stereocenters. The number of hydrazone groups is 1. The zero-order chi connectivity index (χ0) is 17.5. The van der Waals surface area contributed by atoms with E-state index in [4.69, 9.17) is 0 Å². The maximum Gasteiger partial charge on any atom is 0.289 e. The van der Waals surface area contributed by atoms with Crippen LogP contribution in [0.1, 0.15) is 21.6 Å². The molecule has 124 valence electrons. The second-order valence-corrected chi connectivity index (χ2v) is 5.43. The zero-order valence-electron chi connectivity index (χ0n) is 13.8. The number of hydrogen-bond acceptors (Lipinski definition) is 3. The Morgan fingerprint density at radius 3 is 2.48 bits per heavy atom. The minimum Gasteiger partial charge on any atom is -0.272 e. The van der Waals surface area contributed by atoms with Gasteiger partial charge in [0, 0.05) is 17.3 Å². The summed E-state index contributed by atoms with van der Waals surface area (Å²) in [6.07, 6.45) is 5.21. The first-order valence-electron chi connectivity index (χ1n) is 7.91. The number of H-pyrrole nitrogens is 1. The van der Waals surface area contributed by atoms with Crippen LogP contribution in [0, 0.1) is 6.92 Å². The van der Waals surface area contributed by atoms with E-state index in [1.807, 2.05) is 73.7 Å². The summed E-state index contributed by atoms with van der Waals surface area (Å²) in [5.41, 5.74) is 6.49. The predicted molar refractivity (Wildman–Crippen MR) is 100 cm³/mol. The Hall–Kier alpha value is -3.47. The molecule has 5 heteroatoms. The standard InChI is InChI=1S/C20H18N4O/c1-15-18(17-12-6-3-7-13-17)22-23-19(15)20(25)24-21-14-8-11-16-9-4-2-5-10-16/h2-14H,1H3,(H,22,23)(H,24,25)/b11-8+,21-14+. The van der Waals surface area contributed by atoms with Crippen LogP contribution in [0.2, 0.25) is 0 Å². The summed E-state index contributed by atoms with van der Waals surface area (Å²) in [7, 11) is 0. The summed E-state index contributed by atoms with van der Waals surface area (Å²) < 4.78 is 0. The first-order chi connectivity index (χ1) is 12.3. The largest absolute Gasteiger partial charge is 0.289 e. The molecule has 1 aromatic heterocycles. The van der Waals surface area contributed by atoms with Crippen LogP contribution in [-0.4, -0.2) is 22.3 Å². The van der Waals surface area contributed by atoms with Crippen LogP contribution < -0.4 is 5.43 Å². The Kier molecular flexibility index (Phi) is 5.16. The number of carbonyl (C=O) groups excluding carboxylic acids is 1. The molecule has 2 N–H and O–H groups in total. The summed E-state index contributed by atoms with van der Waals surface area (Å²) in [5, 5.41) is 11.0. The molecular weight excluding hydrogens is 312 g/mol. The summed E-state index contributed by atoms with van der Waals surface area (Å²) in [5.74, 6) is -0.323. The molecule has 0 unspecified atom stereocenters. The molecule has 0 saturated carbocycles. The number of nitrogens with zero attached hydrogens (tertiary/aromatic N) is 2. The Morgan fingerprint density at radius 1 is 1.08 bits per heavy atom. The van der Waals surface area contributed by atoms with Crippen molar-refractivity contribution in [3.05, 3.63) is 83.6 Å². The van der Waals surface area contributed by atoms with Crippen LogP contribution in [-0.2, 0) is 0 Å². The van der Waals surface area contributed by atoms with E-state index in [-0.39, 0.29) is 5.91 Å². The molecule has 0 bridgehead atoms. The second-order valence-electron chi connectivity index (χ2n) is 5.43. The van der Waals surface area contributed by atoms with E-state index in [0.29, 0.717) is 5.69 Å². The molecule has 0 fully saturated rings. The third kappa shape index (κ3) is 4.09. The Balaban J connectivity index is 1.63. The van der Waals surface area contributed by atoms with Crippen molar-refractivity contribution in [1.29, 1.82) is 0 Å². The number of carbonyl (C=O) groups is 1. The van der Waals surface area contributed by atoms with E-state index in [1.165, 1.54) is 6.21 Å². The molecule has 1 heterocycles. The minimum atomic E-state index is -0.323. The Labute approximate surface area is 146 Å². The fraction of sp³-hybridized carbons (Fsp3) is 0.0500. The lowest BCUT2D eigenvalue weighted by Crippen LogP contribution is -2.18. The van der Waals surface area contributed by atoms with Gasteiger partial charge in [0.2, 0.25) is 0 Å². The number of benzene rings is 2. The lowest BCUT2D eigenvalue weighted by Gasteiger charge is -1.99. The third-order valence-corrected chi connectivity index (χ3v) is 3.70. The molecule has 0 saturated heterocycles. The van der Waals surface area contributed by atoms with E-state index in [0.717, 1.165) is 22.4 Å². The van der Waals surface area contributed by atoms with Crippen LogP contribution >= 0.6 is 0 Å². The molecule has 1 amide bonds. The molecule has 0 aliphatic rings. The van der Waals surface area contributed by atoms with Crippen molar-refractivity contribution in [2.75, 3.05) is 0 Å². The normalized spacial score (nSPS) is 11.2. The van der Waals surface area contributed by atoms with Crippen molar-refractivity contribution in [3.63, 3.8) is 0 Å². The summed E-state index contributed by atoms with van der Waals surface area (Å²) in [4.78, 5) is 12.2. The monoisotopic (exact) mass is 330 g/mol. The first kappa shape index (κ1) is 16.4. The predicted octanol–water partition coefficient (Wildman–Crippen LogP) is 3.81. The highest BCUT2D eigenvalue weighted by atomic mass is 16.2. The maximum absolute atomic E-state index is 12.2. The Morgan fingerprint density at radius 2 is 1.76 bits per heavy atom. The van der Waals surface area contributed by atoms with Gasteiger partial charge in [-0.25, -0.2) is 5.43 Å². The van der Waals surface area contributed by atoms with Gasteiger partial charge in [0.1, 0.15) is 5.69 Å².